The average Bonchev–Trinajstić information content (AvgIpc) is 2.70. The Kier molecular flexibility index (Phi) is 6.75. The summed E-state index contributed by atoms with van der Waals surface area (Å²) < 4.78 is 5.42. The minimum absolute atomic E-state index is 0.00185. The van der Waals surface area contributed by atoms with Gasteiger partial charge in [-0.2, -0.15) is 0 Å². The van der Waals surface area contributed by atoms with E-state index in [4.69, 9.17) is 4.74 Å². The number of likely N-dealkylation sites (tertiary alicyclic amines) is 1. The van der Waals surface area contributed by atoms with Gasteiger partial charge in [0.15, 0.2) is 0 Å². The summed E-state index contributed by atoms with van der Waals surface area (Å²) in [5.41, 5.74) is 0.795. The second-order valence-corrected chi connectivity index (χ2v) is 8.00. The number of nitrogens with zero attached hydrogens (tertiary/aromatic N) is 1. The molecule has 0 radical (unpaired) electrons. The van der Waals surface area contributed by atoms with Gasteiger partial charge in [-0.3, -0.25) is 9.59 Å². The smallest absolute Gasteiger partial charge is 0.227 e. The molecule has 5 nitrogen and oxygen atoms in total. The minimum atomic E-state index is 0.00185. The van der Waals surface area contributed by atoms with Crippen molar-refractivity contribution < 1.29 is 14.3 Å². The molecular formula is C22H32N2O3. The van der Waals surface area contributed by atoms with Crippen molar-refractivity contribution >= 4 is 17.5 Å². The SMILES string of the molecule is CCOc1ccc(NC(=O)C2CCC(C(=O)N3CCC(C)CC3)CC2)cc1. The molecule has 1 aliphatic heterocycles. The van der Waals surface area contributed by atoms with Crippen molar-refractivity contribution in [1.29, 1.82) is 0 Å². The molecule has 0 bridgehead atoms. The highest BCUT2D eigenvalue weighted by molar-refractivity contribution is 5.92. The van der Waals surface area contributed by atoms with Gasteiger partial charge in [-0.25, -0.2) is 0 Å². The maximum absolute atomic E-state index is 12.7. The zero-order chi connectivity index (χ0) is 19.2. The van der Waals surface area contributed by atoms with Crippen molar-refractivity contribution in [2.24, 2.45) is 17.8 Å². The molecule has 1 saturated heterocycles. The summed E-state index contributed by atoms with van der Waals surface area (Å²) in [5, 5.41) is 3.00. The number of benzene rings is 1. The van der Waals surface area contributed by atoms with Crippen LogP contribution in [0.1, 0.15) is 52.4 Å². The van der Waals surface area contributed by atoms with Crippen LogP contribution in [-0.4, -0.2) is 36.4 Å². The Morgan fingerprint density at radius 2 is 1.59 bits per heavy atom. The molecule has 0 atom stereocenters. The molecule has 148 valence electrons. The third kappa shape index (κ3) is 5.24. The molecule has 0 spiro atoms. The van der Waals surface area contributed by atoms with E-state index in [0.717, 1.165) is 69.0 Å². The fraction of sp³-hybridized carbons (Fsp3) is 0.636. The van der Waals surface area contributed by atoms with Gasteiger partial charge in [0.25, 0.3) is 0 Å². The summed E-state index contributed by atoms with van der Waals surface area (Å²) in [6, 6.07) is 7.48. The number of rotatable bonds is 5. The Bertz CT molecular complexity index is 627. The number of ether oxygens (including phenoxy) is 1. The third-order valence-corrected chi connectivity index (χ3v) is 5.98. The van der Waals surface area contributed by atoms with Gasteiger partial charge < -0.3 is 15.0 Å². The zero-order valence-electron chi connectivity index (χ0n) is 16.6. The van der Waals surface area contributed by atoms with Gasteiger partial charge in [-0.15, -0.1) is 0 Å². The summed E-state index contributed by atoms with van der Waals surface area (Å²) in [7, 11) is 0. The van der Waals surface area contributed by atoms with Crippen molar-refractivity contribution in [3.8, 4) is 5.75 Å². The Balaban J connectivity index is 1.45. The molecule has 1 heterocycles. The predicted molar refractivity (Wildman–Crippen MR) is 107 cm³/mol. The van der Waals surface area contributed by atoms with Crippen LogP contribution in [0.4, 0.5) is 5.69 Å². The van der Waals surface area contributed by atoms with Crippen LogP contribution in [-0.2, 0) is 9.59 Å². The van der Waals surface area contributed by atoms with Crippen LogP contribution in [0.25, 0.3) is 0 Å². The molecule has 2 fully saturated rings. The van der Waals surface area contributed by atoms with E-state index in [1.165, 1.54) is 0 Å². The van der Waals surface area contributed by atoms with Gasteiger partial charge in [-0.1, -0.05) is 6.92 Å². The van der Waals surface area contributed by atoms with E-state index in [-0.39, 0.29) is 17.7 Å². The van der Waals surface area contributed by atoms with E-state index in [9.17, 15) is 9.59 Å². The van der Waals surface area contributed by atoms with E-state index in [2.05, 4.69) is 12.2 Å². The molecule has 0 unspecified atom stereocenters. The first-order valence-corrected chi connectivity index (χ1v) is 10.4. The van der Waals surface area contributed by atoms with E-state index >= 15 is 0 Å². The first-order valence-electron chi connectivity index (χ1n) is 10.4. The number of hydrogen-bond donors (Lipinski definition) is 1. The zero-order valence-corrected chi connectivity index (χ0v) is 16.6. The van der Waals surface area contributed by atoms with Crippen LogP contribution in [0, 0.1) is 17.8 Å². The largest absolute Gasteiger partial charge is 0.494 e. The third-order valence-electron chi connectivity index (χ3n) is 5.98. The summed E-state index contributed by atoms with van der Waals surface area (Å²) in [6.07, 6.45) is 5.47. The lowest BCUT2D eigenvalue weighted by molar-refractivity contribution is -0.139. The molecule has 1 saturated carbocycles. The molecule has 1 aliphatic carbocycles. The lowest BCUT2D eigenvalue weighted by atomic mass is 9.80. The first-order chi connectivity index (χ1) is 13.1. The number of nitrogens with one attached hydrogen (secondary N) is 1. The summed E-state index contributed by atoms with van der Waals surface area (Å²) >= 11 is 0. The van der Waals surface area contributed by atoms with Gasteiger partial charge in [-0.05, 0) is 75.6 Å². The average molecular weight is 373 g/mol. The van der Waals surface area contributed by atoms with Crippen molar-refractivity contribution in [3.63, 3.8) is 0 Å². The molecule has 1 aromatic carbocycles. The molecule has 1 N–H and O–H groups in total. The van der Waals surface area contributed by atoms with Gasteiger partial charge in [0.2, 0.25) is 11.8 Å². The Morgan fingerprint density at radius 3 is 2.19 bits per heavy atom. The maximum Gasteiger partial charge on any atom is 0.227 e. The van der Waals surface area contributed by atoms with Crippen molar-refractivity contribution in [2.75, 3.05) is 25.0 Å². The Hall–Kier alpha value is -2.04. The number of carbonyl (C=O) groups is 2. The van der Waals surface area contributed by atoms with Crippen molar-refractivity contribution in [2.45, 2.75) is 52.4 Å². The van der Waals surface area contributed by atoms with Crippen molar-refractivity contribution in [3.05, 3.63) is 24.3 Å². The van der Waals surface area contributed by atoms with E-state index < -0.39 is 0 Å². The number of piperidine rings is 1. The van der Waals surface area contributed by atoms with Crippen LogP contribution in [0.2, 0.25) is 0 Å². The Morgan fingerprint density at radius 1 is 1.00 bits per heavy atom. The normalized spacial score (nSPS) is 23.7. The van der Waals surface area contributed by atoms with E-state index in [1.807, 2.05) is 36.1 Å². The Labute approximate surface area is 162 Å². The van der Waals surface area contributed by atoms with Crippen LogP contribution in [0.5, 0.6) is 5.75 Å². The number of carbonyl (C=O) groups excluding carboxylic acids is 2. The molecule has 1 aromatic rings. The van der Waals surface area contributed by atoms with Gasteiger partial charge >= 0.3 is 0 Å². The molecule has 5 heteroatoms. The van der Waals surface area contributed by atoms with E-state index in [1.54, 1.807) is 0 Å². The summed E-state index contributed by atoms with van der Waals surface area (Å²) in [5.74, 6) is 2.02. The molecular weight excluding hydrogens is 340 g/mol. The van der Waals surface area contributed by atoms with Gasteiger partial charge in [0.05, 0.1) is 6.61 Å². The molecule has 27 heavy (non-hydrogen) atoms. The second-order valence-electron chi connectivity index (χ2n) is 8.00. The lowest BCUT2D eigenvalue weighted by Gasteiger charge is -2.35. The molecule has 3 rings (SSSR count). The van der Waals surface area contributed by atoms with Crippen LogP contribution in [0.3, 0.4) is 0 Å². The molecule has 2 aliphatic rings. The second kappa shape index (κ2) is 9.25. The summed E-state index contributed by atoms with van der Waals surface area (Å²) in [6.45, 7) is 6.64. The van der Waals surface area contributed by atoms with Crippen molar-refractivity contribution in [1.82, 2.24) is 4.90 Å². The summed E-state index contributed by atoms with van der Waals surface area (Å²) in [4.78, 5) is 27.3. The number of amides is 2. The standard InChI is InChI=1S/C22H32N2O3/c1-3-27-20-10-8-19(9-11-20)23-21(25)17-4-6-18(7-5-17)22(26)24-14-12-16(2)13-15-24/h8-11,16-18H,3-7,12-15H2,1-2H3,(H,23,25). The first kappa shape index (κ1) is 19.7. The fourth-order valence-corrected chi connectivity index (χ4v) is 4.14. The molecule has 0 aromatic heterocycles. The van der Waals surface area contributed by atoms with E-state index in [0.29, 0.717) is 12.5 Å². The van der Waals surface area contributed by atoms with Gasteiger partial charge in [0, 0.05) is 30.6 Å². The number of anilines is 1. The van der Waals surface area contributed by atoms with Crippen LogP contribution < -0.4 is 10.1 Å². The highest BCUT2D eigenvalue weighted by Crippen LogP contribution is 2.32. The van der Waals surface area contributed by atoms with Crippen LogP contribution >= 0.6 is 0 Å². The quantitative estimate of drug-likeness (QED) is 0.847. The highest BCUT2D eigenvalue weighted by Gasteiger charge is 2.33. The lowest BCUT2D eigenvalue weighted by Crippen LogP contribution is -2.42. The predicted octanol–water partition coefficient (Wildman–Crippen LogP) is 4.09. The fourth-order valence-electron chi connectivity index (χ4n) is 4.14. The molecule has 2 amide bonds. The monoisotopic (exact) mass is 372 g/mol. The maximum atomic E-state index is 12.7. The highest BCUT2D eigenvalue weighted by atomic mass is 16.5. The topological polar surface area (TPSA) is 58.6 Å². The minimum Gasteiger partial charge on any atom is -0.494 e. The number of hydrogen-bond acceptors (Lipinski definition) is 3. The van der Waals surface area contributed by atoms with Gasteiger partial charge in [0.1, 0.15) is 5.75 Å². The van der Waals surface area contributed by atoms with Crippen LogP contribution in [0.15, 0.2) is 24.3 Å².